The highest BCUT2D eigenvalue weighted by Crippen LogP contribution is 2.25. The maximum absolute atomic E-state index is 13.8. The lowest BCUT2D eigenvalue weighted by Crippen LogP contribution is -2.52. The molecule has 1 N–H and O–H groups in total. The highest BCUT2D eigenvalue weighted by atomic mass is 35.5. The van der Waals surface area contributed by atoms with Crippen LogP contribution in [0, 0.1) is 11.6 Å². The zero-order valence-corrected chi connectivity index (χ0v) is 21.3. The Bertz CT molecular complexity index is 1180. The van der Waals surface area contributed by atoms with E-state index in [2.05, 4.69) is 5.32 Å². The molecule has 0 fully saturated rings. The lowest BCUT2D eigenvalue weighted by atomic mass is 10.1. The number of nitrogens with one attached hydrogen (secondary N) is 1. The van der Waals surface area contributed by atoms with Gasteiger partial charge in [-0.05, 0) is 50.6 Å². The number of sulfonamides is 1. The van der Waals surface area contributed by atoms with Gasteiger partial charge in [-0.3, -0.25) is 13.9 Å². The molecule has 0 radical (unpaired) electrons. The van der Waals surface area contributed by atoms with Gasteiger partial charge in [0.25, 0.3) is 0 Å². The van der Waals surface area contributed by atoms with Crippen molar-refractivity contribution in [3.8, 4) is 0 Å². The SMILES string of the molecule is CC(C)NC(=O)[C@@H](C)N(Cc1ccc(Cl)cc1Cl)C(=O)CN(c1ccc(F)c(F)c1)S(C)(=O)=O. The normalized spacial score (nSPS) is 12.4. The number of rotatable bonds is 9. The second kappa shape index (κ2) is 11.3. The van der Waals surface area contributed by atoms with Gasteiger partial charge in [-0.25, -0.2) is 17.2 Å². The van der Waals surface area contributed by atoms with Crippen molar-refractivity contribution in [3.63, 3.8) is 0 Å². The Balaban J connectivity index is 2.44. The van der Waals surface area contributed by atoms with E-state index in [-0.39, 0.29) is 23.3 Å². The Morgan fingerprint density at radius 2 is 1.68 bits per heavy atom. The van der Waals surface area contributed by atoms with Gasteiger partial charge in [-0.1, -0.05) is 29.3 Å². The van der Waals surface area contributed by atoms with Crippen molar-refractivity contribution >= 4 is 50.7 Å². The Kier molecular flexibility index (Phi) is 9.27. The molecular weight excluding hydrogens is 511 g/mol. The number of amides is 2. The minimum absolute atomic E-state index is 0.128. The lowest BCUT2D eigenvalue weighted by Gasteiger charge is -2.32. The van der Waals surface area contributed by atoms with Crippen LogP contribution in [0.1, 0.15) is 26.3 Å². The molecular formula is C22H25Cl2F2N3O4S. The van der Waals surface area contributed by atoms with Crippen LogP contribution in [0.25, 0.3) is 0 Å². The first-order valence-corrected chi connectivity index (χ1v) is 12.8. The van der Waals surface area contributed by atoms with Crippen molar-refractivity contribution in [2.24, 2.45) is 0 Å². The van der Waals surface area contributed by atoms with Crippen molar-refractivity contribution in [2.45, 2.75) is 39.4 Å². The predicted octanol–water partition coefficient (Wildman–Crippen LogP) is 3.98. The van der Waals surface area contributed by atoms with Crippen molar-refractivity contribution in [1.82, 2.24) is 10.2 Å². The summed E-state index contributed by atoms with van der Waals surface area (Å²) < 4.78 is 52.6. The van der Waals surface area contributed by atoms with E-state index in [0.29, 0.717) is 21.0 Å². The summed E-state index contributed by atoms with van der Waals surface area (Å²) in [5.74, 6) is -3.66. The standard InChI is InChI=1S/C22H25Cl2F2N3O4S/c1-13(2)27-22(31)14(3)28(11-15-5-6-16(23)9-18(15)24)21(30)12-29(34(4,32)33)17-7-8-19(25)20(26)10-17/h5-10,13-14H,11-12H2,1-4H3,(H,27,31)/t14-/m1/s1. The molecule has 0 aliphatic carbocycles. The summed E-state index contributed by atoms with van der Waals surface area (Å²) in [5.41, 5.74) is 0.237. The van der Waals surface area contributed by atoms with E-state index in [1.807, 2.05) is 0 Å². The van der Waals surface area contributed by atoms with Gasteiger partial charge < -0.3 is 10.2 Å². The third-order valence-corrected chi connectivity index (χ3v) is 6.55. The van der Waals surface area contributed by atoms with E-state index in [4.69, 9.17) is 23.2 Å². The molecule has 7 nitrogen and oxygen atoms in total. The summed E-state index contributed by atoms with van der Waals surface area (Å²) in [6.07, 6.45) is 0.830. The zero-order chi connectivity index (χ0) is 25.8. The summed E-state index contributed by atoms with van der Waals surface area (Å²) in [6.45, 7) is 4.11. The van der Waals surface area contributed by atoms with E-state index >= 15 is 0 Å². The molecule has 1 atom stereocenters. The third kappa shape index (κ3) is 7.28. The fourth-order valence-electron chi connectivity index (χ4n) is 3.08. The quantitative estimate of drug-likeness (QED) is 0.526. The lowest BCUT2D eigenvalue weighted by molar-refractivity contribution is -0.139. The van der Waals surface area contributed by atoms with Crippen molar-refractivity contribution in [3.05, 3.63) is 63.6 Å². The predicted molar refractivity (Wildman–Crippen MR) is 128 cm³/mol. The maximum atomic E-state index is 13.8. The van der Waals surface area contributed by atoms with Gasteiger partial charge in [0.15, 0.2) is 11.6 Å². The topological polar surface area (TPSA) is 86.8 Å². The van der Waals surface area contributed by atoms with E-state index in [0.717, 1.165) is 23.3 Å². The summed E-state index contributed by atoms with van der Waals surface area (Å²) in [7, 11) is -4.08. The van der Waals surface area contributed by atoms with E-state index in [9.17, 15) is 26.8 Å². The Morgan fingerprint density at radius 1 is 1.03 bits per heavy atom. The van der Waals surface area contributed by atoms with Crippen LogP contribution in [0.4, 0.5) is 14.5 Å². The fraction of sp³-hybridized carbons (Fsp3) is 0.364. The molecule has 0 aromatic heterocycles. The highest BCUT2D eigenvalue weighted by molar-refractivity contribution is 7.92. The number of nitrogens with zero attached hydrogens (tertiary/aromatic N) is 2. The molecule has 0 saturated heterocycles. The van der Waals surface area contributed by atoms with Crippen LogP contribution in [0.3, 0.4) is 0 Å². The highest BCUT2D eigenvalue weighted by Gasteiger charge is 2.31. The molecule has 2 amide bonds. The molecule has 0 saturated carbocycles. The average Bonchev–Trinajstić information content (AvgIpc) is 2.71. The summed E-state index contributed by atoms with van der Waals surface area (Å²) in [6, 6.07) is 5.90. The number of anilines is 1. The largest absolute Gasteiger partial charge is 0.352 e. The molecule has 34 heavy (non-hydrogen) atoms. The van der Waals surface area contributed by atoms with E-state index in [1.54, 1.807) is 26.0 Å². The Labute approximate surface area is 207 Å². The first-order valence-electron chi connectivity index (χ1n) is 10.2. The smallest absolute Gasteiger partial charge is 0.244 e. The molecule has 0 spiro atoms. The Hall–Kier alpha value is -2.43. The molecule has 0 bridgehead atoms. The first-order chi connectivity index (χ1) is 15.7. The zero-order valence-electron chi connectivity index (χ0n) is 19.0. The number of carbonyl (C=O) groups excluding carboxylic acids is 2. The molecule has 0 heterocycles. The number of benzene rings is 2. The number of hydrogen-bond donors (Lipinski definition) is 1. The molecule has 0 aliphatic heterocycles. The van der Waals surface area contributed by atoms with Gasteiger partial charge in [-0.2, -0.15) is 0 Å². The second-order valence-corrected chi connectivity index (χ2v) is 10.7. The van der Waals surface area contributed by atoms with Crippen LogP contribution in [0.5, 0.6) is 0 Å². The number of halogens is 4. The van der Waals surface area contributed by atoms with Gasteiger partial charge in [0, 0.05) is 28.7 Å². The molecule has 2 rings (SSSR count). The van der Waals surface area contributed by atoms with Crippen molar-refractivity contribution in [2.75, 3.05) is 17.1 Å². The Morgan fingerprint density at radius 3 is 2.21 bits per heavy atom. The monoisotopic (exact) mass is 535 g/mol. The molecule has 2 aromatic rings. The van der Waals surface area contributed by atoms with Gasteiger partial charge in [0.1, 0.15) is 12.6 Å². The van der Waals surface area contributed by atoms with Crippen LogP contribution in [0.2, 0.25) is 10.0 Å². The molecule has 12 heteroatoms. The van der Waals surface area contributed by atoms with Gasteiger partial charge >= 0.3 is 0 Å². The summed E-state index contributed by atoms with van der Waals surface area (Å²) in [4.78, 5) is 27.2. The second-order valence-electron chi connectivity index (χ2n) is 7.96. The van der Waals surface area contributed by atoms with Crippen molar-refractivity contribution < 1.29 is 26.8 Å². The maximum Gasteiger partial charge on any atom is 0.244 e. The third-order valence-electron chi connectivity index (χ3n) is 4.82. The number of hydrogen-bond acceptors (Lipinski definition) is 4. The average molecular weight is 536 g/mol. The number of carbonyl (C=O) groups is 2. The summed E-state index contributed by atoms with van der Waals surface area (Å²) >= 11 is 12.2. The van der Waals surface area contributed by atoms with Crippen LogP contribution < -0.4 is 9.62 Å². The van der Waals surface area contributed by atoms with Crippen LogP contribution in [-0.2, 0) is 26.2 Å². The van der Waals surface area contributed by atoms with Crippen LogP contribution in [-0.4, -0.2) is 50.0 Å². The van der Waals surface area contributed by atoms with E-state index in [1.165, 1.54) is 13.0 Å². The minimum atomic E-state index is -4.08. The molecule has 2 aromatic carbocycles. The molecule has 186 valence electrons. The van der Waals surface area contributed by atoms with E-state index < -0.39 is 46.1 Å². The van der Waals surface area contributed by atoms with Crippen LogP contribution >= 0.6 is 23.2 Å². The molecule has 0 aliphatic rings. The minimum Gasteiger partial charge on any atom is -0.352 e. The van der Waals surface area contributed by atoms with Crippen molar-refractivity contribution in [1.29, 1.82) is 0 Å². The first kappa shape index (κ1) is 27.8. The fourth-order valence-corrected chi connectivity index (χ4v) is 4.38. The van der Waals surface area contributed by atoms with Gasteiger partial charge in [0.2, 0.25) is 21.8 Å². The molecule has 0 unspecified atom stereocenters. The van der Waals surface area contributed by atoms with Crippen LogP contribution in [0.15, 0.2) is 36.4 Å². The summed E-state index contributed by atoms with van der Waals surface area (Å²) in [5, 5.41) is 3.33. The van der Waals surface area contributed by atoms with Gasteiger partial charge in [-0.15, -0.1) is 0 Å². The van der Waals surface area contributed by atoms with Gasteiger partial charge in [0.05, 0.1) is 11.9 Å².